The van der Waals surface area contributed by atoms with Crippen LogP contribution in [0.1, 0.15) is 0 Å². The summed E-state index contributed by atoms with van der Waals surface area (Å²) in [6.45, 7) is 2.98. The molecule has 2 aromatic rings. The van der Waals surface area contributed by atoms with Crippen molar-refractivity contribution in [2.24, 2.45) is 0 Å². The molecule has 0 aromatic heterocycles. The third-order valence-corrected chi connectivity index (χ3v) is 4.41. The standard InChI is InChI=1S/C18H18F3N3O2/c19-14-5-6-15(18(21)17(14)20)22-16(26)11-23-7-9-24(10-8-23)12-1-3-13(25)4-2-12/h1-6,25H,7-11H2,(H,22,26)/p+1. The Balaban J connectivity index is 1.52. The predicted octanol–water partition coefficient (Wildman–Crippen LogP) is 1.15. The van der Waals surface area contributed by atoms with E-state index in [4.69, 9.17) is 0 Å². The topological polar surface area (TPSA) is 57.0 Å². The van der Waals surface area contributed by atoms with Gasteiger partial charge in [-0.3, -0.25) is 4.79 Å². The van der Waals surface area contributed by atoms with Crippen LogP contribution in [0.4, 0.5) is 24.5 Å². The van der Waals surface area contributed by atoms with Gasteiger partial charge in [-0.05, 0) is 36.4 Å². The molecular weight excluding hydrogens is 347 g/mol. The zero-order valence-corrected chi connectivity index (χ0v) is 13.9. The van der Waals surface area contributed by atoms with Crippen LogP contribution in [0.2, 0.25) is 0 Å². The highest BCUT2D eigenvalue weighted by molar-refractivity contribution is 5.91. The van der Waals surface area contributed by atoms with Gasteiger partial charge < -0.3 is 20.2 Å². The molecule has 0 spiro atoms. The molecule has 0 radical (unpaired) electrons. The van der Waals surface area contributed by atoms with Gasteiger partial charge in [-0.1, -0.05) is 0 Å². The normalized spacial score (nSPS) is 15.1. The summed E-state index contributed by atoms with van der Waals surface area (Å²) in [5, 5.41) is 11.6. The van der Waals surface area contributed by atoms with E-state index in [0.717, 1.165) is 35.8 Å². The van der Waals surface area contributed by atoms with Gasteiger partial charge in [0.25, 0.3) is 5.91 Å². The molecule has 1 aliphatic rings. The lowest BCUT2D eigenvalue weighted by Gasteiger charge is -2.33. The maximum atomic E-state index is 13.6. The Bertz CT molecular complexity index is 791. The Kier molecular flexibility index (Phi) is 5.32. The van der Waals surface area contributed by atoms with Gasteiger partial charge in [0.1, 0.15) is 5.75 Å². The average molecular weight is 366 g/mol. The van der Waals surface area contributed by atoms with Crippen molar-refractivity contribution in [3.63, 3.8) is 0 Å². The van der Waals surface area contributed by atoms with Crippen molar-refractivity contribution in [1.82, 2.24) is 0 Å². The van der Waals surface area contributed by atoms with Crippen molar-refractivity contribution in [1.29, 1.82) is 0 Å². The zero-order chi connectivity index (χ0) is 18.7. The number of phenols is 1. The lowest BCUT2D eigenvalue weighted by molar-refractivity contribution is -0.892. The molecular formula is C18H19F3N3O2+. The van der Waals surface area contributed by atoms with E-state index in [1.807, 2.05) is 12.1 Å². The molecule has 1 saturated heterocycles. The molecule has 0 atom stereocenters. The van der Waals surface area contributed by atoms with Crippen LogP contribution in [-0.4, -0.2) is 43.7 Å². The first-order valence-corrected chi connectivity index (χ1v) is 8.25. The summed E-state index contributed by atoms with van der Waals surface area (Å²) in [7, 11) is 0. The van der Waals surface area contributed by atoms with Gasteiger partial charge in [-0.2, -0.15) is 0 Å². The van der Waals surface area contributed by atoms with Crippen molar-refractivity contribution < 1.29 is 28.0 Å². The molecule has 5 nitrogen and oxygen atoms in total. The van der Waals surface area contributed by atoms with Gasteiger partial charge >= 0.3 is 0 Å². The summed E-state index contributed by atoms with van der Waals surface area (Å²) in [4.78, 5) is 15.2. The number of amides is 1. The Morgan fingerprint density at radius 1 is 1.04 bits per heavy atom. The minimum Gasteiger partial charge on any atom is -0.508 e. The number of piperazine rings is 1. The molecule has 1 amide bonds. The highest BCUT2D eigenvalue weighted by atomic mass is 19.2. The summed E-state index contributed by atoms with van der Waals surface area (Å²) < 4.78 is 39.7. The fraction of sp³-hybridized carbons (Fsp3) is 0.278. The molecule has 0 unspecified atom stereocenters. The summed E-state index contributed by atoms with van der Waals surface area (Å²) in [5.74, 6) is -4.54. The molecule has 3 rings (SSSR count). The number of quaternary nitrogens is 1. The number of carbonyl (C=O) groups excluding carboxylic acids is 1. The Hall–Kier alpha value is -2.74. The Morgan fingerprint density at radius 2 is 1.69 bits per heavy atom. The molecule has 2 aromatic carbocycles. The maximum Gasteiger partial charge on any atom is 0.279 e. The molecule has 1 heterocycles. The molecule has 0 bridgehead atoms. The van der Waals surface area contributed by atoms with Gasteiger partial charge in [0.05, 0.1) is 31.9 Å². The first-order chi connectivity index (χ1) is 12.4. The number of benzene rings is 2. The summed E-state index contributed by atoms with van der Waals surface area (Å²) in [5.41, 5.74) is 0.631. The number of rotatable bonds is 4. The van der Waals surface area contributed by atoms with Crippen molar-refractivity contribution >= 4 is 17.3 Å². The molecule has 3 N–H and O–H groups in total. The highest BCUT2D eigenvalue weighted by Gasteiger charge is 2.23. The van der Waals surface area contributed by atoms with Crippen LogP contribution in [0.15, 0.2) is 36.4 Å². The van der Waals surface area contributed by atoms with Crippen LogP contribution in [-0.2, 0) is 4.79 Å². The van der Waals surface area contributed by atoms with E-state index in [0.29, 0.717) is 13.1 Å². The van der Waals surface area contributed by atoms with E-state index in [-0.39, 0.29) is 18.0 Å². The van der Waals surface area contributed by atoms with Crippen molar-refractivity contribution in [2.75, 3.05) is 42.9 Å². The van der Waals surface area contributed by atoms with Gasteiger partial charge in [-0.25, -0.2) is 13.2 Å². The number of anilines is 2. The van der Waals surface area contributed by atoms with E-state index < -0.39 is 23.4 Å². The number of phenolic OH excluding ortho intramolecular Hbond substituents is 1. The molecule has 138 valence electrons. The number of carbonyl (C=O) groups is 1. The van der Waals surface area contributed by atoms with Gasteiger partial charge in [0, 0.05) is 5.69 Å². The molecule has 26 heavy (non-hydrogen) atoms. The number of nitrogens with zero attached hydrogens (tertiary/aromatic N) is 1. The van der Waals surface area contributed by atoms with E-state index in [1.165, 1.54) is 0 Å². The van der Waals surface area contributed by atoms with E-state index in [1.54, 1.807) is 12.1 Å². The number of nitrogens with one attached hydrogen (secondary N) is 2. The van der Waals surface area contributed by atoms with Gasteiger partial charge in [-0.15, -0.1) is 0 Å². The van der Waals surface area contributed by atoms with E-state index in [9.17, 15) is 23.1 Å². The van der Waals surface area contributed by atoms with Crippen molar-refractivity contribution in [3.05, 3.63) is 53.8 Å². The summed E-state index contributed by atoms with van der Waals surface area (Å²) in [6.07, 6.45) is 0. The lowest BCUT2D eigenvalue weighted by Crippen LogP contribution is -3.15. The molecule has 8 heteroatoms. The highest BCUT2D eigenvalue weighted by Crippen LogP contribution is 2.20. The summed E-state index contributed by atoms with van der Waals surface area (Å²) in [6, 6.07) is 8.69. The predicted molar refractivity (Wildman–Crippen MR) is 90.8 cm³/mol. The van der Waals surface area contributed by atoms with Gasteiger partial charge in [0.15, 0.2) is 24.0 Å². The molecule has 1 aliphatic heterocycles. The van der Waals surface area contributed by atoms with Crippen molar-refractivity contribution in [2.45, 2.75) is 0 Å². The SMILES string of the molecule is O=C(C[NH+]1CCN(c2ccc(O)cc2)CC1)Nc1ccc(F)c(F)c1F. The monoisotopic (exact) mass is 366 g/mol. The first kappa shape index (κ1) is 18.1. The largest absolute Gasteiger partial charge is 0.508 e. The van der Waals surface area contributed by atoms with E-state index in [2.05, 4.69) is 10.2 Å². The molecule has 0 saturated carbocycles. The summed E-state index contributed by atoms with van der Waals surface area (Å²) >= 11 is 0. The molecule has 0 aliphatic carbocycles. The Morgan fingerprint density at radius 3 is 2.35 bits per heavy atom. The average Bonchev–Trinajstić information content (AvgIpc) is 2.64. The number of halogens is 3. The minimum atomic E-state index is -1.60. The van der Waals surface area contributed by atoms with E-state index >= 15 is 0 Å². The van der Waals surface area contributed by atoms with Crippen LogP contribution in [0, 0.1) is 17.5 Å². The molecule has 1 fully saturated rings. The van der Waals surface area contributed by atoms with Crippen LogP contribution in [0.25, 0.3) is 0 Å². The van der Waals surface area contributed by atoms with Gasteiger partial charge in [0.2, 0.25) is 0 Å². The Labute approximate surface area is 148 Å². The van der Waals surface area contributed by atoms with Crippen LogP contribution < -0.4 is 15.1 Å². The van der Waals surface area contributed by atoms with Crippen LogP contribution >= 0.6 is 0 Å². The third kappa shape index (κ3) is 4.08. The second-order valence-electron chi connectivity index (χ2n) is 6.20. The first-order valence-electron chi connectivity index (χ1n) is 8.25. The quantitative estimate of drug-likeness (QED) is 0.712. The second-order valence-corrected chi connectivity index (χ2v) is 6.20. The number of hydrogen-bond acceptors (Lipinski definition) is 3. The second kappa shape index (κ2) is 7.65. The lowest BCUT2D eigenvalue weighted by atomic mass is 10.2. The number of aromatic hydroxyl groups is 1. The smallest absolute Gasteiger partial charge is 0.279 e. The third-order valence-electron chi connectivity index (χ3n) is 4.41. The van der Waals surface area contributed by atoms with Crippen LogP contribution in [0.3, 0.4) is 0 Å². The number of hydrogen-bond donors (Lipinski definition) is 3. The minimum absolute atomic E-state index is 0.113. The fourth-order valence-corrected chi connectivity index (χ4v) is 2.97. The maximum absolute atomic E-state index is 13.6. The van der Waals surface area contributed by atoms with Crippen molar-refractivity contribution in [3.8, 4) is 5.75 Å². The fourth-order valence-electron chi connectivity index (χ4n) is 2.97. The van der Waals surface area contributed by atoms with Crippen LogP contribution in [0.5, 0.6) is 5.75 Å². The zero-order valence-electron chi connectivity index (χ0n) is 13.9.